The van der Waals surface area contributed by atoms with Crippen LogP contribution < -0.4 is 0 Å². The second-order valence-corrected chi connectivity index (χ2v) is 8.77. The Morgan fingerprint density at radius 2 is 1.91 bits per heavy atom. The molecule has 1 fully saturated rings. The molecule has 2 aliphatic heterocycles. The van der Waals surface area contributed by atoms with Crippen LogP contribution in [0.3, 0.4) is 0 Å². The Hall–Kier alpha value is -2.87. The van der Waals surface area contributed by atoms with Crippen LogP contribution >= 0.6 is 11.6 Å². The number of carbonyl (C=O) groups excluding carboxylic acids is 1. The standard InChI is InChI=1S/C23H20ClF3N4O/c1-11-19(15(24)6-7-28-11)23(32)31-13-4-3-5-18(31)21-14(10-13)22(30(2)29-21)12-8-16(25)20(27)17(26)9-12/h6-9,13,18H,3-5,10H2,1-2H3/t13-,18+/m1/s1. The summed E-state index contributed by atoms with van der Waals surface area (Å²) in [5, 5.41) is 4.99. The minimum absolute atomic E-state index is 0.109. The molecule has 5 rings (SSSR count). The monoisotopic (exact) mass is 460 g/mol. The number of pyridine rings is 1. The number of halogens is 4. The molecule has 166 valence electrons. The Morgan fingerprint density at radius 1 is 1.19 bits per heavy atom. The van der Waals surface area contributed by atoms with Crippen molar-refractivity contribution in [2.45, 2.75) is 44.7 Å². The zero-order chi connectivity index (χ0) is 22.7. The smallest absolute Gasteiger partial charge is 0.258 e. The molecule has 9 heteroatoms. The number of piperidine rings is 1. The topological polar surface area (TPSA) is 51.0 Å². The fourth-order valence-corrected chi connectivity index (χ4v) is 5.40. The molecule has 0 aliphatic carbocycles. The van der Waals surface area contributed by atoms with Crippen molar-refractivity contribution in [2.24, 2.45) is 7.05 Å². The van der Waals surface area contributed by atoms with Crippen molar-refractivity contribution >= 4 is 17.5 Å². The first-order valence-corrected chi connectivity index (χ1v) is 10.8. The van der Waals surface area contributed by atoms with Gasteiger partial charge in [0, 0.05) is 30.4 Å². The van der Waals surface area contributed by atoms with Crippen molar-refractivity contribution < 1.29 is 18.0 Å². The molecule has 2 atom stereocenters. The Bertz CT molecular complexity index is 1220. The van der Waals surface area contributed by atoms with E-state index in [9.17, 15) is 18.0 Å². The van der Waals surface area contributed by atoms with Gasteiger partial charge < -0.3 is 4.90 Å². The number of amides is 1. The molecule has 1 saturated heterocycles. The van der Waals surface area contributed by atoms with Gasteiger partial charge in [0.15, 0.2) is 17.5 Å². The summed E-state index contributed by atoms with van der Waals surface area (Å²) in [6, 6.07) is 3.19. The van der Waals surface area contributed by atoms with E-state index in [1.54, 1.807) is 30.9 Å². The highest BCUT2D eigenvalue weighted by molar-refractivity contribution is 6.34. The van der Waals surface area contributed by atoms with Crippen LogP contribution in [-0.2, 0) is 13.5 Å². The normalized spacial score (nSPS) is 19.8. The predicted octanol–water partition coefficient (Wildman–Crippen LogP) is 5.15. The molecule has 4 heterocycles. The van der Waals surface area contributed by atoms with E-state index < -0.39 is 17.5 Å². The first-order valence-electron chi connectivity index (χ1n) is 10.4. The van der Waals surface area contributed by atoms with E-state index in [0.29, 0.717) is 34.1 Å². The number of rotatable bonds is 2. The minimum Gasteiger partial charge on any atom is -0.327 e. The maximum absolute atomic E-state index is 13.9. The zero-order valence-electron chi connectivity index (χ0n) is 17.5. The number of aromatic nitrogens is 3. The Labute approximate surface area is 187 Å². The molecule has 2 bridgehead atoms. The molecular formula is C23H20ClF3N4O. The van der Waals surface area contributed by atoms with Crippen molar-refractivity contribution in [1.29, 1.82) is 0 Å². The molecular weight excluding hydrogens is 441 g/mol. The maximum atomic E-state index is 13.9. The van der Waals surface area contributed by atoms with Crippen molar-refractivity contribution in [2.75, 3.05) is 0 Å². The van der Waals surface area contributed by atoms with Crippen LogP contribution in [0.2, 0.25) is 5.02 Å². The van der Waals surface area contributed by atoms with Crippen molar-refractivity contribution in [3.05, 3.63) is 69.4 Å². The summed E-state index contributed by atoms with van der Waals surface area (Å²) in [5.74, 6) is -4.18. The molecule has 0 saturated carbocycles. The van der Waals surface area contributed by atoms with Gasteiger partial charge in [-0.15, -0.1) is 0 Å². The van der Waals surface area contributed by atoms with Crippen LogP contribution in [0.5, 0.6) is 0 Å². The highest BCUT2D eigenvalue weighted by atomic mass is 35.5. The molecule has 5 nitrogen and oxygen atoms in total. The number of fused-ring (bicyclic) bond motifs is 4. The van der Waals surface area contributed by atoms with Gasteiger partial charge in [-0.1, -0.05) is 11.6 Å². The van der Waals surface area contributed by atoms with Crippen molar-refractivity contribution in [1.82, 2.24) is 19.7 Å². The summed E-state index contributed by atoms with van der Waals surface area (Å²) >= 11 is 6.34. The Balaban J connectivity index is 1.62. The molecule has 1 amide bonds. The third-order valence-corrected chi connectivity index (χ3v) is 6.79. The molecule has 1 aromatic carbocycles. The summed E-state index contributed by atoms with van der Waals surface area (Å²) < 4.78 is 43.0. The molecule has 0 radical (unpaired) electrons. The fraction of sp³-hybridized carbons (Fsp3) is 0.348. The number of hydrogen-bond donors (Lipinski definition) is 0. The lowest BCUT2D eigenvalue weighted by atomic mass is 9.81. The third-order valence-electron chi connectivity index (χ3n) is 6.47. The van der Waals surface area contributed by atoms with Crippen LogP contribution in [0.25, 0.3) is 11.3 Å². The van der Waals surface area contributed by atoms with Gasteiger partial charge in [0.05, 0.1) is 33.7 Å². The van der Waals surface area contributed by atoms with E-state index in [2.05, 4.69) is 10.1 Å². The average Bonchev–Trinajstić information content (AvgIpc) is 3.06. The van der Waals surface area contributed by atoms with Crippen LogP contribution in [0.4, 0.5) is 13.2 Å². The van der Waals surface area contributed by atoms with E-state index in [0.717, 1.165) is 37.0 Å². The van der Waals surface area contributed by atoms with Gasteiger partial charge >= 0.3 is 0 Å². The zero-order valence-corrected chi connectivity index (χ0v) is 18.3. The van der Waals surface area contributed by atoms with Crippen LogP contribution in [0.1, 0.15) is 52.6 Å². The quantitative estimate of drug-likeness (QED) is 0.497. The lowest BCUT2D eigenvalue weighted by Gasteiger charge is -2.45. The summed E-state index contributed by atoms with van der Waals surface area (Å²) in [7, 11) is 1.69. The highest BCUT2D eigenvalue weighted by Crippen LogP contribution is 2.45. The van der Waals surface area contributed by atoms with Gasteiger partial charge in [0.1, 0.15) is 0 Å². The lowest BCUT2D eigenvalue weighted by molar-refractivity contribution is 0.0391. The minimum atomic E-state index is -1.50. The number of hydrogen-bond acceptors (Lipinski definition) is 3. The highest BCUT2D eigenvalue weighted by Gasteiger charge is 2.44. The summed E-state index contributed by atoms with van der Waals surface area (Å²) in [5.41, 5.74) is 3.25. The van der Waals surface area contributed by atoms with Crippen molar-refractivity contribution in [3.8, 4) is 11.3 Å². The lowest BCUT2D eigenvalue weighted by Crippen LogP contribution is -2.50. The molecule has 2 aromatic heterocycles. The van der Waals surface area contributed by atoms with Gasteiger partial charge in [-0.3, -0.25) is 14.5 Å². The number of benzene rings is 1. The maximum Gasteiger partial charge on any atom is 0.258 e. The van der Waals surface area contributed by atoms with Gasteiger partial charge in [0.2, 0.25) is 0 Å². The van der Waals surface area contributed by atoms with Crippen LogP contribution in [0.15, 0.2) is 24.4 Å². The number of carbonyl (C=O) groups is 1. The second-order valence-electron chi connectivity index (χ2n) is 8.36. The summed E-state index contributed by atoms with van der Waals surface area (Å²) in [6.45, 7) is 1.75. The van der Waals surface area contributed by atoms with Gasteiger partial charge in [0.25, 0.3) is 5.91 Å². The summed E-state index contributed by atoms with van der Waals surface area (Å²) in [4.78, 5) is 19.6. The SMILES string of the molecule is Cc1nccc(Cl)c1C(=O)N1[C@@H]2CCC[C@H]1c1nn(C)c(-c3cc(F)c(F)c(F)c3)c1C2. The predicted molar refractivity (Wildman–Crippen MR) is 113 cm³/mol. The molecule has 0 unspecified atom stereocenters. The van der Waals surface area contributed by atoms with E-state index in [1.165, 1.54) is 0 Å². The van der Waals surface area contributed by atoms with Crippen molar-refractivity contribution in [3.63, 3.8) is 0 Å². The van der Waals surface area contributed by atoms with E-state index in [1.807, 2.05) is 4.90 Å². The fourth-order valence-electron chi connectivity index (χ4n) is 5.12. The van der Waals surface area contributed by atoms with E-state index >= 15 is 0 Å². The average molecular weight is 461 g/mol. The van der Waals surface area contributed by atoms with Gasteiger partial charge in [-0.25, -0.2) is 13.2 Å². The Kier molecular flexibility index (Phi) is 5.00. The van der Waals surface area contributed by atoms with Crippen LogP contribution in [-0.4, -0.2) is 31.6 Å². The van der Waals surface area contributed by atoms with E-state index in [4.69, 9.17) is 11.6 Å². The molecule has 2 aliphatic rings. The summed E-state index contributed by atoms with van der Waals surface area (Å²) in [6.07, 6.45) is 4.49. The second kappa shape index (κ2) is 7.62. The first-order chi connectivity index (χ1) is 15.3. The number of aryl methyl sites for hydroxylation is 2. The van der Waals surface area contributed by atoms with E-state index in [-0.39, 0.29) is 23.6 Å². The first kappa shape index (κ1) is 21.0. The Morgan fingerprint density at radius 3 is 2.59 bits per heavy atom. The molecule has 3 aromatic rings. The molecule has 0 spiro atoms. The van der Waals surface area contributed by atoms with Gasteiger partial charge in [-0.2, -0.15) is 5.10 Å². The molecule has 0 N–H and O–H groups in total. The van der Waals surface area contributed by atoms with Gasteiger partial charge in [-0.05, 0) is 50.8 Å². The third kappa shape index (κ3) is 3.11. The molecule has 32 heavy (non-hydrogen) atoms. The number of nitrogens with zero attached hydrogens (tertiary/aromatic N) is 4. The largest absolute Gasteiger partial charge is 0.327 e. The van der Waals surface area contributed by atoms with Crippen LogP contribution in [0, 0.1) is 24.4 Å².